The van der Waals surface area contributed by atoms with Crippen molar-refractivity contribution in [1.29, 1.82) is 0 Å². The van der Waals surface area contributed by atoms with Crippen molar-refractivity contribution in [2.75, 3.05) is 26.7 Å². The molecule has 0 aliphatic carbocycles. The van der Waals surface area contributed by atoms with Gasteiger partial charge in [0.1, 0.15) is 6.04 Å². The average Bonchev–Trinajstić information content (AvgIpc) is 2.42. The van der Waals surface area contributed by atoms with Crippen molar-refractivity contribution in [1.82, 2.24) is 15.2 Å². The molecular formula is C14H23N3O2. The molecule has 0 spiro atoms. The number of hydrogen-bond acceptors (Lipinski definition) is 4. The van der Waals surface area contributed by atoms with E-state index in [1.807, 2.05) is 32.2 Å². The monoisotopic (exact) mass is 265 g/mol. The molecule has 0 saturated heterocycles. The van der Waals surface area contributed by atoms with Crippen molar-refractivity contribution >= 4 is 5.97 Å². The molecule has 5 nitrogen and oxygen atoms in total. The normalized spacial score (nSPS) is 12.6. The van der Waals surface area contributed by atoms with E-state index in [9.17, 15) is 4.79 Å². The molecule has 2 N–H and O–H groups in total. The van der Waals surface area contributed by atoms with Crippen LogP contribution in [0.5, 0.6) is 0 Å². The number of aromatic nitrogens is 1. The molecule has 1 atom stereocenters. The predicted octanol–water partition coefficient (Wildman–Crippen LogP) is 1.01. The van der Waals surface area contributed by atoms with Gasteiger partial charge in [0.25, 0.3) is 0 Å². The smallest absolute Gasteiger partial charge is 0.320 e. The van der Waals surface area contributed by atoms with Gasteiger partial charge in [-0.1, -0.05) is 13.0 Å². The Morgan fingerprint density at radius 2 is 2.26 bits per heavy atom. The van der Waals surface area contributed by atoms with Crippen LogP contribution in [0.15, 0.2) is 24.4 Å². The van der Waals surface area contributed by atoms with Crippen molar-refractivity contribution in [2.24, 2.45) is 0 Å². The minimum Gasteiger partial charge on any atom is -0.480 e. The highest BCUT2D eigenvalue weighted by Crippen LogP contribution is 1.99. The number of nitrogens with zero attached hydrogens (tertiary/aromatic N) is 2. The lowest BCUT2D eigenvalue weighted by Gasteiger charge is -2.19. The molecule has 0 aliphatic heterocycles. The molecule has 1 unspecified atom stereocenters. The molecule has 0 aromatic carbocycles. The minimum atomic E-state index is -0.778. The molecule has 0 bridgehead atoms. The largest absolute Gasteiger partial charge is 0.480 e. The Kier molecular flexibility index (Phi) is 7.07. The average molecular weight is 265 g/mol. The van der Waals surface area contributed by atoms with E-state index < -0.39 is 12.0 Å². The lowest BCUT2D eigenvalue weighted by atomic mass is 10.2. The van der Waals surface area contributed by atoms with Crippen molar-refractivity contribution in [3.05, 3.63) is 30.1 Å². The lowest BCUT2D eigenvalue weighted by Crippen LogP contribution is -2.39. The zero-order valence-electron chi connectivity index (χ0n) is 11.7. The van der Waals surface area contributed by atoms with Crippen LogP contribution < -0.4 is 5.32 Å². The first-order chi connectivity index (χ1) is 9.13. The predicted molar refractivity (Wildman–Crippen MR) is 75.2 cm³/mol. The van der Waals surface area contributed by atoms with Gasteiger partial charge in [-0.05, 0) is 38.7 Å². The third-order valence-corrected chi connectivity index (χ3v) is 3.02. The number of rotatable bonds is 9. The maximum absolute atomic E-state index is 11.0. The van der Waals surface area contributed by atoms with E-state index in [-0.39, 0.29) is 0 Å². The fourth-order valence-electron chi connectivity index (χ4n) is 1.87. The number of aliphatic carboxylic acids is 1. The quantitative estimate of drug-likeness (QED) is 0.697. The van der Waals surface area contributed by atoms with Gasteiger partial charge in [-0.15, -0.1) is 0 Å². The summed E-state index contributed by atoms with van der Waals surface area (Å²) in [4.78, 5) is 17.4. The Hall–Kier alpha value is -1.46. The first kappa shape index (κ1) is 15.6. The minimum absolute atomic E-state index is 0.456. The number of carboxylic acid groups (broad SMARTS) is 1. The molecular weight excluding hydrogens is 242 g/mol. The molecule has 1 rings (SSSR count). The van der Waals surface area contributed by atoms with E-state index in [2.05, 4.69) is 15.2 Å². The van der Waals surface area contributed by atoms with Crippen LogP contribution >= 0.6 is 0 Å². The molecule has 1 aromatic heterocycles. The van der Waals surface area contributed by atoms with E-state index >= 15 is 0 Å². The van der Waals surface area contributed by atoms with Gasteiger partial charge >= 0.3 is 5.97 Å². The van der Waals surface area contributed by atoms with Crippen LogP contribution in [0.1, 0.15) is 19.0 Å². The second-order valence-electron chi connectivity index (χ2n) is 4.61. The summed E-state index contributed by atoms with van der Waals surface area (Å²) < 4.78 is 0. The number of nitrogens with one attached hydrogen (secondary N) is 1. The summed E-state index contributed by atoms with van der Waals surface area (Å²) in [5.41, 5.74) is 1.07. The third-order valence-electron chi connectivity index (χ3n) is 3.02. The van der Waals surface area contributed by atoms with Crippen LogP contribution in [-0.2, 0) is 11.2 Å². The Balaban J connectivity index is 2.27. The van der Waals surface area contributed by atoms with Gasteiger partial charge in [0, 0.05) is 24.9 Å². The zero-order chi connectivity index (χ0) is 14.1. The summed E-state index contributed by atoms with van der Waals surface area (Å²) in [7, 11) is 2.01. The number of likely N-dealkylation sites (N-methyl/N-ethyl adjacent to an activating group) is 2. The Labute approximate surface area is 114 Å². The standard InChI is InChI=1S/C14H23N3O2/c1-3-15-13(14(18)19)8-11-17(2)10-7-12-6-4-5-9-16-12/h4-6,9,13,15H,3,7-8,10-11H2,1-2H3,(H,18,19). The van der Waals surface area contributed by atoms with Gasteiger partial charge in [0.05, 0.1) is 0 Å². The summed E-state index contributed by atoms with van der Waals surface area (Å²) in [6, 6.07) is 5.43. The zero-order valence-corrected chi connectivity index (χ0v) is 11.7. The number of carboxylic acids is 1. The second-order valence-corrected chi connectivity index (χ2v) is 4.61. The summed E-state index contributed by atoms with van der Waals surface area (Å²) in [6.45, 7) is 4.24. The first-order valence-corrected chi connectivity index (χ1v) is 6.68. The highest BCUT2D eigenvalue weighted by atomic mass is 16.4. The van der Waals surface area contributed by atoms with Crippen molar-refractivity contribution in [2.45, 2.75) is 25.8 Å². The van der Waals surface area contributed by atoms with Gasteiger partial charge in [0.15, 0.2) is 0 Å². The van der Waals surface area contributed by atoms with Crippen molar-refractivity contribution < 1.29 is 9.90 Å². The first-order valence-electron chi connectivity index (χ1n) is 6.68. The molecule has 0 aliphatic rings. The van der Waals surface area contributed by atoms with Crippen LogP contribution in [0.3, 0.4) is 0 Å². The molecule has 0 saturated carbocycles. The van der Waals surface area contributed by atoms with E-state index in [0.717, 1.165) is 25.2 Å². The molecule has 0 amide bonds. The van der Waals surface area contributed by atoms with Gasteiger partial charge in [-0.25, -0.2) is 0 Å². The summed E-state index contributed by atoms with van der Waals surface area (Å²) in [5.74, 6) is -0.778. The number of hydrogen-bond donors (Lipinski definition) is 2. The maximum atomic E-state index is 11.0. The van der Waals surface area contributed by atoms with Crippen LogP contribution in [0.25, 0.3) is 0 Å². The Bertz CT molecular complexity index is 370. The summed E-state index contributed by atoms with van der Waals surface area (Å²) >= 11 is 0. The van der Waals surface area contributed by atoms with Crippen molar-refractivity contribution in [3.63, 3.8) is 0 Å². The van der Waals surface area contributed by atoms with Crippen LogP contribution in [0, 0.1) is 0 Å². The van der Waals surface area contributed by atoms with E-state index in [4.69, 9.17) is 5.11 Å². The van der Waals surface area contributed by atoms with Gasteiger partial charge in [-0.2, -0.15) is 0 Å². The fraction of sp³-hybridized carbons (Fsp3) is 0.571. The number of pyridine rings is 1. The fourth-order valence-corrected chi connectivity index (χ4v) is 1.87. The molecule has 0 radical (unpaired) electrons. The van der Waals surface area contributed by atoms with Crippen LogP contribution in [0.2, 0.25) is 0 Å². The van der Waals surface area contributed by atoms with E-state index in [1.165, 1.54) is 0 Å². The van der Waals surface area contributed by atoms with E-state index in [0.29, 0.717) is 13.0 Å². The molecule has 0 fully saturated rings. The molecule has 1 aromatic rings. The van der Waals surface area contributed by atoms with Crippen molar-refractivity contribution in [3.8, 4) is 0 Å². The summed E-state index contributed by atoms with van der Waals surface area (Å²) in [6.07, 6.45) is 3.29. The molecule has 106 valence electrons. The summed E-state index contributed by atoms with van der Waals surface area (Å²) in [5, 5.41) is 12.0. The highest BCUT2D eigenvalue weighted by molar-refractivity contribution is 5.73. The van der Waals surface area contributed by atoms with Gasteiger partial charge in [0.2, 0.25) is 0 Å². The van der Waals surface area contributed by atoms with Gasteiger partial charge in [-0.3, -0.25) is 9.78 Å². The van der Waals surface area contributed by atoms with Crippen LogP contribution in [-0.4, -0.2) is 53.7 Å². The maximum Gasteiger partial charge on any atom is 0.320 e. The van der Waals surface area contributed by atoms with Gasteiger partial charge < -0.3 is 15.3 Å². The highest BCUT2D eigenvalue weighted by Gasteiger charge is 2.16. The van der Waals surface area contributed by atoms with E-state index in [1.54, 1.807) is 6.20 Å². The SMILES string of the molecule is CCNC(CCN(C)CCc1ccccn1)C(=O)O. The molecule has 5 heteroatoms. The second kappa shape index (κ2) is 8.61. The Morgan fingerprint density at radius 3 is 2.84 bits per heavy atom. The number of carbonyl (C=O) groups is 1. The Morgan fingerprint density at radius 1 is 1.47 bits per heavy atom. The molecule has 1 heterocycles. The molecule has 19 heavy (non-hydrogen) atoms. The topological polar surface area (TPSA) is 65.5 Å². The van der Waals surface area contributed by atoms with Crippen LogP contribution in [0.4, 0.5) is 0 Å². The lowest BCUT2D eigenvalue weighted by molar-refractivity contribution is -0.139. The third kappa shape index (κ3) is 6.31.